The Morgan fingerprint density at radius 3 is 2.20 bits per heavy atom. The Kier molecular flexibility index (Phi) is 3.60. The normalized spacial score (nSPS) is 11.2. The van der Waals surface area contributed by atoms with Crippen LogP contribution in [0.4, 0.5) is 24.7 Å². The molecule has 1 heterocycles. The second-order valence-corrected chi connectivity index (χ2v) is 3.94. The van der Waals surface area contributed by atoms with E-state index in [0.717, 1.165) is 18.3 Å². The van der Waals surface area contributed by atoms with Crippen LogP contribution in [0.3, 0.4) is 0 Å². The van der Waals surface area contributed by atoms with E-state index in [0.29, 0.717) is 11.5 Å². The third-order valence-corrected chi connectivity index (χ3v) is 2.50. The number of carbonyl (C=O) groups is 1. The van der Waals surface area contributed by atoms with E-state index in [1.165, 1.54) is 24.3 Å². The van der Waals surface area contributed by atoms with Gasteiger partial charge in [0.05, 0.1) is 11.1 Å². The average Bonchev–Trinajstić information content (AvgIpc) is 2.39. The van der Waals surface area contributed by atoms with Crippen molar-refractivity contribution in [3.63, 3.8) is 0 Å². The fourth-order valence-corrected chi connectivity index (χ4v) is 1.48. The van der Waals surface area contributed by atoms with Crippen LogP contribution in [-0.2, 0) is 6.18 Å². The van der Waals surface area contributed by atoms with Crippen molar-refractivity contribution < 1.29 is 23.1 Å². The lowest BCUT2D eigenvalue weighted by atomic mass is 10.2. The largest absolute Gasteiger partial charge is 0.478 e. The number of aromatic carboxylic acids is 1. The van der Waals surface area contributed by atoms with Gasteiger partial charge >= 0.3 is 12.1 Å². The molecule has 0 unspecified atom stereocenters. The highest BCUT2D eigenvalue weighted by Crippen LogP contribution is 2.30. The number of aromatic nitrogens is 1. The van der Waals surface area contributed by atoms with E-state index >= 15 is 0 Å². The average molecular weight is 282 g/mol. The summed E-state index contributed by atoms with van der Waals surface area (Å²) >= 11 is 0. The van der Waals surface area contributed by atoms with Gasteiger partial charge in [-0.3, -0.25) is 0 Å². The van der Waals surface area contributed by atoms with Crippen LogP contribution < -0.4 is 5.32 Å². The van der Waals surface area contributed by atoms with Crippen molar-refractivity contribution in [2.45, 2.75) is 6.18 Å². The van der Waals surface area contributed by atoms with Crippen molar-refractivity contribution in [1.82, 2.24) is 4.98 Å². The monoisotopic (exact) mass is 282 g/mol. The minimum Gasteiger partial charge on any atom is -0.478 e. The van der Waals surface area contributed by atoms with Crippen LogP contribution in [0, 0.1) is 0 Å². The van der Waals surface area contributed by atoms with Crippen LogP contribution in [-0.4, -0.2) is 16.1 Å². The van der Waals surface area contributed by atoms with Crippen molar-refractivity contribution in [2.24, 2.45) is 0 Å². The first-order valence-corrected chi connectivity index (χ1v) is 5.50. The van der Waals surface area contributed by atoms with Gasteiger partial charge in [0.1, 0.15) is 5.82 Å². The van der Waals surface area contributed by atoms with Gasteiger partial charge < -0.3 is 10.4 Å². The highest BCUT2D eigenvalue weighted by Gasteiger charge is 2.29. The lowest BCUT2D eigenvalue weighted by Gasteiger charge is -2.09. The van der Waals surface area contributed by atoms with Gasteiger partial charge in [-0.1, -0.05) is 0 Å². The Hall–Kier alpha value is -2.57. The van der Waals surface area contributed by atoms with Crippen molar-refractivity contribution >= 4 is 17.5 Å². The molecule has 0 atom stereocenters. The lowest BCUT2D eigenvalue weighted by molar-refractivity contribution is -0.137. The number of carboxylic acids is 1. The van der Waals surface area contributed by atoms with Gasteiger partial charge in [0, 0.05) is 11.9 Å². The third kappa shape index (κ3) is 3.25. The first-order chi connectivity index (χ1) is 9.36. The summed E-state index contributed by atoms with van der Waals surface area (Å²) in [6, 6.07) is 7.23. The molecule has 0 saturated carbocycles. The van der Waals surface area contributed by atoms with Crippen molar-refractivity contribution in [3.05, 3.63) is 53.7 Å². The molecule has 20 heavy (non-hydrogen) atoms. The van der Waals surface area contributed by atoms with Gasteiger partial charge in [0.15, 0.2) is 0 Å². The Balaban J connectivity index is 2.12. The lowest BCUT2D eigenvalue weighted by Crippen LogP contribution is -2.04. The van der Waals surface area contributed by atoms with Crippen molar-refractivity contribution in [1.29, 1.82) is 0 Å². The number of nitrogens with one attached hydrogen (secondary N) is 1. The molecule has 0 fully saturated rings. The van der Waals surface area contributed by atoms with E-state index in [2.05, 4.69) is 10.3 Å². The van der Waals surface area contributed by atoms with E-state index < -0.39 is 17.7 Å². The van der Waals surface area contributed by atoms with Crippen molar-refractivity contribution in [3.8, 4) is 0 Å². The summed E-state index contributed by atoms with van der Waals surface area (Å²) in [5, 5.41) is 11.5. The molecule has 1 aromatic carbocycles. The Morgan fingerprint density at radius 1 is 1.10 bits per heavy atom. The summed E-state index contributed by atoms with van der Waals surface area (Å²) in [6.45, 7) is 0. The summed E-state index contributed by atoms with van der Waals surface area (Å²) in [5.74, 6) is -0.756. The summed E-state index contributed by atoms with van der Waals surface area (Å²) in [7, 11) is 0. The molecule has 4 nitrogen and oxygen atoms in total. The third-order valence-electron chi connectivity index (χ3n) is 2.50. The Labute approximate surface area is 111 Å². The SMILES string of the molecule is O=C(O)c1ccc(Nc2ccc(C(F)(F)F)cc2)nc1. The zero-order valence-electron chi connectivity index (χ0n) is 9.98. The number of benzene rings is 1. The summed E-state index contributed by atoms with van der Waals surface area (Å²) in [6.07, 6.45) is -3.21. The maximum atomic E-state index is 12.4. The van der Waals surface area contributed by atoms with Crippen molar-refractivity contribution in [2.75, 3.05) is 5.32 Å². The van der Waals surface area contributed by atoms with Gasteiger partial charge in [-0.2, -0.15) is 13.2 Å². The highest BCUT2D eigenvalue weighted by molar-refractivity contribution is 5.87. The maximum Gasteiger partial charge on any atom is 0.416 e. The van der Waals surface area contributed by atoms with Crippen LogP contribution in [0.5, 0.6) is 0 Å². The standard InChI is InChI=1S/C13H9F3N2O2/c14-13(15,16)9-2-4-10(5-3-9)18-11-6-1-8(7-17-11)12(19)20/h1-7H,(H,17,18)(H,19,20). The molecular weight excluding hydrogens is 273 g/mol. The van der Waals surface area contributed by atoms with Crippen LogP contribution in [0.15, 0.2) is 42.6 Å². The van der Waals surface area contributed by atoms with E-state index in [4.69, 9.17) is 5.11 Å². The number of rotatable bonds is 3. The van der Waals surface area contributed by atoms with Crippen LogP contribution in [0.2, 0.25) is 0 Å². The van der Waals surface area contributed by atoms with Crippen LogP contribution in [0.1, 0.15) is 15.9 Å². The fraction of sp³-hybridized carbons (Fsp3) is 0.0769. The number of halogens is 3. The maximum absolute atomic E-state index is 12.4. The molecule has 0 saturated heterocycles. The minimum absolute atomic E-state index is 0.0305. The van der Waals surface area contributed by atoms with Crippen LogP contribution in [0.25, 0.3) is 0 Å². The molecule has 0 aliphatic carbocycles. The van der Waals surface area contributed by atoms with Gasteiger partial charge in [-0.25, -0.2) is 9.78 Å². The Morgan fingerprint density at radius 2 is 1.75 bits per heavy atom. The molecule has 7 heteroatoms. The molecule has 0 spiro atoms. The summed E-state index contributed by atoms with van der Waals surface area (Å²) in [4.78, 5) is 14.5. The summed E-state index contributed by atoms with van der Waals surface area (Å²) in [5.41, 5.74) is -0.284. The van der Waals surface area contributed by atoms with E-state index in [9.17, 15) is 18.0 Å². The molecular formula is C13H9F3N2O2. The number of carboxylic acid groups (broad SMARTS) is 1. The number of nitrogens with zero attached hydrogens (tertiary/aromatic N) is 1. The molecule has 2 rings (SSSR count). The van der Waals surface area contributed by atoms with E-state index in [1.54, 1.807) is 0 Å². The second-order valence-electron chi connectivity index (χ2n) is 3.94. The molecule has 2 N–H and O–H groups in total. The smallest absolute Gasteiger partial charge is 0.416 e. The number of pyridine rings is 1. The fourth-order valence-electron chi connectivity index (χ4n) is 1.48. The molecule has 0 bridgehead atoms. The summed E-state index contributed by atoms with van der Waals surface area (Å²) < 4.78 is 37.1. The quantitative estimate of drug-likeness (QED) is 0.903. The van der Waals surface area contributed by atoms with Gasteiger partial charge in [-0.05, 0) is 36.4 Å². The highest BCUT2D eigenvalue weighted by atomic mass is 19.4. The van der Waals surface area contributed by atoms with E-state index in [1.807, 2.05) is 0 Å². The van der Waals surface area contributed by atoms with Gasteiger partial charge in [-0.15, -0.1) is 0 Å². The predicted octanol–water partition coefficient (Wildman–Crippen LogP) is 3.54. The molecule has 2 aromatic rings. The molecule has 1 aromatic heterocycles. The minimum atomic E-state index is -4.38. The van der Waals surface area contributed by atoms with Gasteiger partial charge in [0.25, 0.3) is 0 Å². The first kappa shape index (κ1) is 13.9. The zero-order valence-corrected chi connectivity index (χ0v) is 9.98. The molecule has 0 amide bonds. The van der Waals surface area contributed by atoms with Gasteiger partial charge in [0.2, 0.25) is 0 Å². The molecule has 104 valence electrons. The number of hydrogen-bond donors (Lipinski definition) is 2. The van der Waals surface area contributed by atoms with Crippen LogP contribution >= 0.6 is 0 Å². The Bertz CT molecular complexity index is 607. The molecule has 0 radical (unpaired) electrons. The van der Waals surface area contributed by atoms with E-state index in [-0.39, 0.29) is 5.56 Å². The topological polar surface area (TPSA) is 62.2 Å². The molecule has 0 aliphatic heterocycles. The zero-order chi connectivity index (χ0) is 14.8. The number of anilines is 2. The first-order valence-electron chi connectivity index (χ1n) is 5.50. The predicted molar refractivity (Wildman–Crippen MR) is 65.9 cm³/mol. The molecule has 0 aliphatic rings. The number of hydrogen-bond acceptors (Lipinski definition) is 3. The number of alkyl halides is 3. The second kappa shape index (κ2) is 5.20.